The third-order valence-corrected chi connectivity index (χ3v) is 4.14. The fourth-order valence-corrected chi connectivity index (χ4v) is 2.84. The molecular formula is C17H15Cl2NO3. The molecule has 3 rings (SSSR count). The third-order valence-electron chi connectivity index (χ3n) is 3.43. The van der Waals surface area contributed by atoms with E-state index in [1.54, 1.807) is 36.4 Å². The maximum Gasteiger partial charge on any atom is 0.228 e. The fourth-order valence-electron chi connectivity index (χ4n) is 2.31. The lowest BCUT2D eigenvalue weighted by molar-refractivity contribution is -0.115. The molecule has 0 bridgehead atoms. The number of nitrogens with one attached hydrogen (secondary N) is 1. The van der Waals surface area contributed by atoms with Crippen LogP contribution in [0.2, 0.25) is 10.0 Å². The molecule has 2 aromatic carbocycles. The van der Waals surface area contributed by atoms with E-state index in [9.17, 15) is 4.79 Å². The monoisotopic (exact) mass is 351 g/mol. The minimum absolute atomic E-state index is 0.104. The van der Waals surface area contributed by atoms with E-state index in [1.807, 2.05) is 0 Å². The summed E-state index contributed by atoms with van der Waals surface area (Å²) in [5.74, 6) is 1.13. The molecule has 0 radical (unpaired) electrons. The summed E-state index contributed by atoms with van der Waals surface area (Å²) in [7, 11) is 0. The van der Waals surface area contributed by atoms with Crippen molar-refractivity contribution < 1.29 is 14.3 Å². The van der Waals surface area contributed by atoms with E-state index in [4.69, 9.17) is 32.7 Å². The molecule has 1 N–H and O–H groups in total. The number of halogens is 2. The van der Waals surface area contributed by atoms with Crippen LogP contribution < -0.4 is 14.8 Å². The summed E-state index contributed by atoms with van der Waals surface area (Å²) in [5, 5.41) is 3.78. The zero-order valence-corrected chi connectivity index (χ0v) is 13.8. The normalized spacial score (nSPS) is 13.3. The molecule has 1 aliphatic rings. The van der Waals surface area contributed by atoms with Crippen molar-refractivity contribution in [1.82, 2.24) is 0 Å². The number of anilines is 1. The second-order valence-electron chi connectivity index (χ2n) is 5.14. The SMILES string of the molecule is O=C(Cc1c(Cl)cccc1Cl)Nc1ccc2c(c1)OCCCO2. The van der Waals surface area contributed by atoms with Crippen LogP contribution in [0.3, 0.4) is 0 Å². The number of hydrogen-bond acceptors (Lipinski definition) is 3. The van der Waals surface area contributed by atoms with Crippen LogP contribution in [0.15, 0.2) is 36.4 Å². The van der Waals surface area contributed by atoms with Crippen molar-refractivity contribution >= 4 is 34.8 Å². The number of carbonyl (C=O) groups is 1. The number of rotatable bonds is 3. The fraction of sp³-hybridized carbons (Fsp3) is 0.235. The van der Waals surface area contributed by atoms with E-state index in [0.29, 0.717) is 46.0 Å². The average molecular weight is 352 g/mol. The van der Waals surface area contributed by atoms with Crippen LogP contribution in [0.1, 0.15) is 12.0 Å². The molecule has 0 unspecified atom stereocenters. The van der Waals surface area contributed by atoms with Crippen LogP contribution in [0, 0.1) is 0 Å². The zero-order chi connectivity index (χ0) is 16.2. The first-order valence-electron chi connectivity index (χ1n) is 7.26. The number of fused-ring (bicyclic) bond motifs is 1. The minimum atomic E-state index is -0.200. The predicted molar refractivity (Wildman–Crippen MR) is 90.8 cm³/mol. The van der Waals surface area contributed by atoms with E-state index in [-0.39, 0.29) is 12.3 Å². The van der Waals surface area contributed by atoms with Gasteiger partial charge in [0.05, 0.1) is 19.6 Å². The van der Waals surface area contributed by atoms with E-state index < -0.39 is 0 Å². The molecule has 23 heavy (non-hydrogen) atoms. The van der Waals surface area contributed by atoms with E-state index >= 15 is 0 Å². The van der Waals surface area contributed by atoms with E-state index in [0.717, 1.165) is 6.42 Å². The number of ether oxygens (including phenoxy) is 2. The van der Waals surface area contributed by atoms with Gasteiger partial charge in [-0.15, -0.1) is 0 Å². The number of benzene rings is 2. The summed E-state index contributed by atoms with van der Waals surface area (Å²) in [6, 6.07) is 10.5. The van der Waals surface area contributed by atoms with Gasteiger partial charge < -0.3 is 14.8 Å². The standard InChI is InChI=1S/C17H15Cl2NO3/c18-13-3-1-4-14(19)12(13)10-17(21)20-11-5-6-15-16(9-11)23-8-2-7-22-15/h1,3-6,9H,2,7-8,10H2,(H,20,21). The second-order valence-corrected chi connectivity index (χ2v) is 5.95. The van der Waals surface area contributed by atoms with Crippen molar-refractivity contribution in [1.29, 1.82) is 0 Å². The quantitative estimate of drug-likeness (QED) is 0.894. The average Bonchev–Trinajstić information content (AvgIpc) is 2.76. The lowest BCUT2D eigenvalue weighted by atomic mass is 10.1. The summed E-state index contributed by atoms with van der Waals surface area (Å²) < 4.78 is 11.2. The first-order chi connectivity index (χ1) is 11.1. The molecule has 0 saturated heterocycles. The first-order valence-corrected chi connectivity index (χ1v) is 8.01. The van der Waals surface area contributed by atoms with E-state index in [1.165, 1.54) is 0 Å². The van der Waals surface area contributed by atoms with Crippen molar-refractivity contribution in [2.75, 3.05) is 18.5 Å². The van der Waals surface area contributed by atoms with Crippen LogP contribution in [0.4, 0.5) is 5.69 Å². The summed E-state index contributed by atoms with van der Waals surface area (Å²) in [6.45, 7) is 1.23. The Morgan fingerprint density at radius 1 is 1.04 bits per heavy atom. The zero-order valence-electron chi connectivity index (χ0n) is 12.3. The first kappa shape index (κ1) is 16.0. The van der Waals surface area contributed by atoms with Crippen LogP contribution in [0.5, 0.6) is 11.5 Å². The maximum absolute atomic E-state index is 12.2. The number of amides is 1. The highest BCUT2D eigenvalue weighted by Gasteiger charge is 2.14. The molecule has 2 aromatic rings. The van der Waals surface area contributed by atoms with Gasteiger partial charge in [0.25, 0.3) is 0 Å². The van der Waals surface area contributed by atoms with E-state index in [2.05, 4.69) is 5.32 Å². The lowest BCUT2D eigenvalue weighted by Crippen LogP contribution is -2.15. The molecule has 1 amide bonds. The van der Waals surface area contributed by atoms with Gasteiger partial charge in [0.15, 0.2) is 11.5 Å². The largest absolute Gasteiger partial charge is 0.490 e. The molecule has 0 aromatic heterocycles. The Kier molecular flexibility index (Phi) is 4.94. The van der Waals surface area contributed by atoms with Gasteiger partial charge >= 0.3 is 0 Å². The summed E-state index contributed by atoms with van der Waals surface area (Å²) in [5.41, 5.74) is 1.25. The Balaban J connectivity index is 1.72. The molecule has 0 saturated carbocycles. The van der Waals surface area contributed by atoms with Crippen molar-refractivity contribution in [2.45, 2.75) is 12.8 Å². The summed E-state index contributed by atoms with van der Waals surface area (Å²) in [6.07, 6.45) is 0.939. The smallest absolute Gasteiger partial charge is 0.228 e. The molecule has 4 nitrogen and oxygen atoms in total. The lowest BCUT2D eigenvalue weighted by Gasteiger charge is -2.11. The van der Waals surface area contributed by atoms with Crippen LogP contribution in [0.25, 0.3) is 0 Å². The maximum atomic E-state index is 12.2. The highest BCUT2D eigenvalue weighted by molar-refractivity contribution is 6.36. The molecule has 0 atom stereocenters. The minimum Gasteiger partial charge on any atom is -0.490 e. The molecule has 1 heterocycles. The van der Waals surface area contributed by atoms with Crippen LogP contribution in [-0.4, -0.2) is 19.1 Å². The summed E-state index contributed by atoms with van der Waals surface area (Å²) in [4.78, 5) is 12.2. The Morgan fingerprint density at radius 2 is 1.74 bits per heavy atom. The van der Waals surface area contributed by atoms with Gasteiger partial charge in [0.1, 0.15) is 0 Å². The molecule has 6 heteroatoms. The summed E-state index contributed by atoms with van der Waals surface area (Å²) >= 11 is 12.2. The second kappa shape index (κ2) is 7.11. The van der Waals surface area contributed by atoms with Crippen molar-refractivity contribution in [3.8, 4) is 11.5 Å². The molecular weight excluding hydrogens is 337 g/mol. The number of carbonyl (C=O) groups excluding carboxylic acids is 1. The van der Waals surface area contributed by atoms with Gasteiger partial charge in [-0.25, -0.2) is 0 Å². The highest BCUT2D eigenvalue weighted by Crippen LogP contribution is 2.32. The van der Waals surface area contributed by atoms with Crippen molar-refractivity contribution in [3.63, 3.8) is 0 Å². The predicted octanol–water partition coefficient (Wildman–Crippen LogP) is 4.34. The van der Waals surface area contributed by atoms with Crippen LogP contribution >= 0.6 is 23.2 Å². The van der Waals surface area contributed by atoms with Crippen LogP contribution in [-0.2, 0) is 11.2 Å². The Morgan fingerprint density at radius 3 is 2.48 bits per heavy atom. The van der Waals surface area contributed by atoms with Crippen molar-refractivity contribution in [3.05, 3.63) is 52.0 Å². The Bertz CT molecular complexity index is 714. The highest BCUT2D eigenvalue weighted by atomic mass is 35.5. The van der Waals surface area contributed by atoms with Gasteiger partial charge in [-0.05, 0) is 29.8 Å². The molecule has 0 spiro atoms. The molecule has 0 aliphatic carbocycles. The Hall–Kier alpha value is -1.91. The Labute approximate surface area is 144 Å². The van der Waals surface area contributed by atoms with Gasteiger partial charge in [0, 0.05) is 28.2 Å². The molecule has 120 valence electrons. The molecule has 1 aliphatic heterocycles. The van der Waals surface area contributed by atoms with Gasteiger partial charge in [-0.2, -0.15) is 0 Å². The van der Waals surface area contributed by atoms with Gasteiger partial charge in [-0.1, -0.05) is 29.3 Å². The third kappa shape index (κ3) is 3.89. The van der Waals surface area contributed by atoms with Gasteiger partial charge in [-0.3, -0.25) is 4.79 Å². The van der Waals surface area contributed by atoms with Crippen molar-refractivity contribution in [2.24, 2.45) is 0 Å². The topological polar surface area (TPSA) is 47.6 Å². The molecule has 0 fully saturated rings. The van der Waals surface area contributed by atoms with Gasteiger partial charge in [0.2, 0.25) is 5.91 Å². The number of hydrogen-bond donors (Lipinski definition) is 1.